The monoisotopic (exact) mass is 344 g/mol. The van der Waals surface area contributed by atoms with Gasteiger partial charge >= 0.3 is 0 Å². The van der Waals surface area contributed by atoms with E-state index in [9.17, 15) is 12.8 Å². The van der Waals surface area contributed by atoms with Gasteiger partial charge in [-0.2, -0.15) is 15.6 Å². The molecule has 120 valence electrons. The smallest absolute Gasteiger partial charge is 0.263 e. The first-order valence-electron chi connectivity index (χ1n) is 6.33. The van der Waals surface area contributed by atoms with Gasteiger partial charge < -0.3 is 0 Å². The zero-order valence-electron chi connectivity index (χ0n) is 11.9. The second-order valence-electron chi connectivity index (χ2n) is 4.29. The standard InChI is InChI=1S/C14H9FN6O2S/c15-10-1-4-13(5-2-10)24(22,23)21-14-6-3-11(9-18-14)19-20-12(7-16)8-17/h1-6,9,19H,(H,18,21). The zero-order valence-corrected chi connectivity index (χ0v) is 12.7. The molecule has 2 N–H and O–H groups in total. The predicted octanol–water partition coefficient (Wildman–Crippen LogP) is 1.84. The number of aromatic nitrogens is 1. The largest absolute Gasteiger partial charge is 0.275 e. The molecular weight excluding hydrogens is 335 g/mol. The summed E-state index contributed by atoms with van der Waals surface area (Å²) in [6.45, 7) is 0. The van der Waals surface area contributed by atoms with E-state index in [0.29, 0.717) is 5.69 Å². The number of benzene rings is 1. The number of nitrogens with zero attached hydrogens (tertiary/aromatic N) is 4. The van der Waals surface area contributed by atoms with Crippen LogP contribution in [0.15, 0.2) is 52.6 Å². The Balaban J connectivity index is 2.12. The lowest BCUT2D eigenvalue weighted by Crippen LogP contribution is -2.13. The normalized spacial score (nSPS) is 10.1. The maximum Gasteiger partial charge on any atom is 0.263 e. The fourth-order valence-corrected chi connectivity index (χ4v) is 2.53. The number of nitriles is 2. The third-order valence-electron chi connectivity index (χ3n) is 2.63. The molecule has 24 heavy (non-hydrogen) atoms. The molecule has 2 rings (SSSR count). The average molecular weight is 344 g/mol. The molecule has 0 aliphatic rings. The molecule has 8 nitrogen and oxygen atoms in total. The molecule has 0 saturated carbocycles. The second kappa shape index (κ2) is 7.17. The Bertz CT molecular complexity index is 925. The summed E-state index contributed by atoms with van der Waals surface area (Å²) in [7, 11) is -3.89. The number of hydrogen-bond acceptors (Lipinski definition) is 7. The third kappa shape index (κ3) is 4.25. The van der Waals surface area contributed by atoms with Gasteiger partial charge in [-0.25, -0.2) is 17.8 Å². The highest BCUT2D eigenvalue weighted by atomic mass is 32.2. The molecule has 0 saturated heterocycles. The highest BCUT2D eigenvalue weighted by molar-refractivity contribution is 7.92. The molecule has 0 fully saturated rings. The molecule has 0 radical (unpaired) electrons. The summed E-state index contributed by atoms with van der Waals surface area (Å²) < 4.78 is 39.3. The molecule has 0 amide bonds. The van der Waals surface area contributed by atoms with Gasteiger partial charge in [-0.3, -0.25) is 10.1 Å². The Hall–Kier alpha value is -3.50. The van der Waals surface area contributed by atoms with Crippen molar-refractivity contribution in [3.8, 4) is 12.1 Å². The summed E-state index contributed by atoms with van der Waals surface area (Å²) in [6.07, 6.45) is 1.26. The fraction of sp³-hybridized carbons (Fsp3) is 0. The number of anilines is 2. The van der Waals surface area contributed by atoms with Crippen molar-refractivity contribution in [2.24, 2.45) is 5.10 Å². The van der Waals surface area contributed by atoms with Crippen LogP contribution in [0.4, 0.5) is 15.9 Å². The molecule has 0 atom stereocenters. The van der Waals surface area contributed by atoms with Gasteiger partial charge in [0.25, 0.3) is 10.0 Å². The number of hydrazone groups is 1. The molecule has 0 aliphatic carbocycles. The van der Waals surface area contributed by atoms with Crippen LogP contribution in [0.3, 0.4) is 0 Å². The minimum atomic E-state index is -3.89. The fourth-order valence-electron chi connectivity index (χ4n) is 1.53. The molecule has 0 spiro atoms. The van der Waals surface area contributed by atoms with E-state index in [0.717, 1.165) is 24.3 Å². The van der Waals surface area contributed by atoms with Crippen molar-refractivity contribution in [2.45, 2.75) is 4.90 Å². The quantitative estimate of drug-likeness (QED) is 0.628. The van der Waals surface area contributed by atoms with Crippen molar-refractivity contribution in [3.05, 3.63) is 48.4 Å². The van der Waals surface area contributed by atoms with E-state index in [-0.39, 0.29) is 16.4 Å². The number of nitrogens with one attached hydrogen (secondary N) is 2. The van der Waals surface area contributed by atoms with Gasteiger partial charge in [-0.1, -0.05) is 0 Å². The Morgan fingerprint density at radius 3 is 2.33 bits per heavy atom. The number of halogens is 1. The Morgan fingerprint density at radius 1 is 1.12 bits per heavy atom. The molecular formula is C14H9FN6O2S. The lowest BCUT2D eigenvalue weighted by Gasteiger charge is -2.07. The van der Waals surface area contributed by atoms with E-state index >= 15 is 0 Å². The molecule has 10 heteroatoms. The van der Waals surface area contributed by atoms with Crippen molar-refractivity contribution in [2.75, 3.05) is 10.1 Å². The van der Waals surface area contributed by atoms with Gasteiger partial charge in [0.1, 0.15) is 23.8 Å². The van der Waals surface area contributed by atoms with Crippen molar-refractivity contribution in [1.82, 2.24) is 4.98 Å². The van der Waals surface area contributed by atoms with Gasteiger partial charge in [-0.05, 0) is 36.4 Å². The van der Waals surface area contributed by atoms with Gasteiger partial charge in [0.2, 0.25) is 5.71 Å². The lowest BCUT2D eigenvalue weighted by molar-refractivity contribution is 0.599. The molecule has 1 heterocycles. The highest BCUT2D eigenvalue weighted by Gasteiger charge is 2.14. The average Bonchev–Trinajstić information content (AvgIpc) is 2.57. The minimum Gasteiger partial charge on any atom is -0.275 e. The predicted molar refractivity (Wildman–Crippen MR) is 83.7 cm³/mol. The second-order valence-corrected chi connectivity index (χ2v) is 5.97. The topological polar surface area (TPSA) is 131 Å². The van der Waals surface area contributed by atoms with Crippen LogP contribution < -0.4 is 10.1 Å². The molecule has 0 unspecified atom stereocenters. The Labute approximate surface area is 136 Å². The first kappa shape index (κ1) is 16.9. The van der Waals surface area contributed by atoms with Gasteiger partial charge in [-0.15, -0.1) is 0 Å². The number of rotatable bonds is 5. The van der Waals surface area contributed by atoms with Gasteiger partial charge in [0.05, 0.1) is 16.8 Å². The van der Waals surface area contributed by atoms with E-state index in [1.54, 1.807) is 12.1 Å². The summed E-state index contributed by atoms with van der Waals surface area (Å²) in [6, 6.07) is 10.3. The first-order chi connectivity index (χ1) is 11.4. The van der Waals surface area contributed by atoms with Crippen LogP contribution in [0, 0.1) is 28.5 Å². The van der Waals surface area contributed by atoms with Crippen LogP contribution >= 0.6 is 0 Å². The van der Waals surface area contributed by atoms with Crippen LogP contribution in [-0.2, 0) is 10.0 Å². The first-order valence-corrected chi connectivity index (χ1v) is 7.81. The number of hydrogen-bond donors (Lipinski definition) is 2. The summed E-state index contributed by atoms with van der Waals surface area (Å²) in [5.41, 5.74) is 2.42. The van der Waals surface area contributed by atoms with E-state index in [1.807, 2.05) is 0 Å². The summed E-state index contributed by atoms with van der Waals surface area (Å²) >= 11 is 0. The van der Waals surface area contributed by atoms with Crippen LogP contribution in [0.2, 0.25) is 0 Å². The van der Waals surface area contributed by atoms with E-state index < -0.39 is 15.8 Å². The van der Waals surface area contributed by atoms with E-state index in [4.69, 9.17) is 10.5 Å². The van der Waals surface area contributed by atoms with Crippen LogP contribution in [-0.4, -0.2) is 19.1 Å². The van der Waals surface area contributed by atoms with Crippen LogP contribution in [0.5, 0.6) is 0 Å². The van der Waals surface area contributed by atoms with Gasteiger partial charge in [0.15, 0.2) is 0 Å². The molecule has 1 aromatic carbocycles. The zero-order chi connectivity index (χ0) is 17.6. The molecule has 1 aromatic heterocycles. The maximum atomic E-state index is 12.8. The van der Waals surface area contributed by atoms with E-state index in [2.05, 4.69) is 20.2 Å². The Morgan fingerprint density at radius 2 is 1.79 bits per heavy atom. The van der Waals surface area contributed by atoms with Crippen molar-refractivity contribution in [3.63, 3.8) is 0 Å². The molecule has 0 bridgehead atoms. The number of pyridine rings is 1. The van der Waals surface area contributed by atoms with Crippen molar-refractivity contribution < 1.29 is 12.8 Å². The summed E-state index contributed by atoms with van der Waals surface area (Å²) in [5, 5.41) is 20.6. The SMILES string of the molecule is N#CC(C#N)=NNc1ccc(NS(=O)(=O)c2ccc(F)cc2)nc1. The van der Waals surface area contributed by atoms with Crippen molar-refractivity contribution in [1.29, 1.82) is 10.5 Å². The molecule has 0 aliphatic heterocycles. The van der Waals surface area contributed by atoms with E-state index in [1.165, 1.54) is 18.3 Å². The summed E-state index contributed by atoms with van der Waals surface area (Å²) in [4.78, 5) is 3.77. The highest BCUT2D eigenvalue weighted by Crippen LogP contribution is 2.16. The molecule has 2 aromatic rings. The minimum absolute atomic E-state index is 0.0367. The van der Waals surface area contributed by atoms with Crippen molar-refractivity contribution >= 4 is 27.2 Å². The third-order valence-corrected chi connectivity index (χ3v) is 4.01. The van der Waals surface area contributed by atoms with Crippen LogP contribution in [0.25, 0.3) is 0 Å². The lowest BCUT2D eigenvalue weighted by atomic mass is 10.4. The Kier molecular flexibility index (Phi) is 5.04. The number of sulfonamides is 1. The summed E-state index contributed by atoms with van der Waals surface area (Å²) in [5.74, 6) is -0.508. The van der Waals surface area contributed by atoms with Crippen LogP contribution in [0.1, 0.15) is 0 Å². The van der Waals surface area contributed by atoms with Gasteiger partial charge in [0, 0.05) is 0 Å². The maximum absolute atomic E-state index is 12.8.